The summed E-state index contributed by atoms with van der Waals surface area (Å²) in [6, 6.07) is 6.01. The van der Waals surface area contributed by atoms with E-state index in [0.717, 1.165) is 19.5 Å². The first-order valence-electron chi connectivity index (χ1n) is 6.37. The molecule has 1 aromatic carbocycles. The summed E-state index contributed by atoms with van der Waals surface area (Å²) in [5.41, 5.74) is 0.337. The summed E-state index contributed by atoms with van der Waals surface area (Å²) in [4.78, 5) is 0.0175. The minimum atomic E-state index is -3.67. The van der Waals surface area contributed by atoms with Crippen LogP contribution in [0.3, 0.4) is 0 Å². The largest absolute Gasteiger partial charge is 0.316 e. The van der Waals surface area contributed by atoms with Crippen LogP contribution in [0, 0.1) is 17.2 Å². The van der Waals surface area contributed by atoms with Gasteiger partial charge >= 0.3 is 0 Å². The van der Waals surface area contributed by atoms with Gasteiger partial charge < -0.3 is 5.32 Å². The molecule has 1 fully saturated rings. The third kappa shape index (κ3) is 3.30. The molecule has 5 nitrogen and oxygen atoms in total. The Morgan fingerprint density at radius 1 is 1.50 bits per heavy atom. The summed E-state index contributed by atoms with van der Waals surface area (Å²) in [6.07, 6.45) is 0.744. The molecule has 1 aromatic rings. The molecule has 108 valence electrons. The predicted octanol–water partition coefficient (Wildman–Crippen LogP) is 1.49. The summed E-state index contributed by atoms with van der Waals surface area (Å²) in [6.45, 7) is 3.58. The maximum Gasteiger partial charge on any atom is 0.242 e. The molecule has 0 aliphatic carbocycles. The lowest BCUT2D eigenvalue weighted by molar-refractivity contribution is 0.328. The van der Waals surface area contributed by atoms with Crippen molar-refractivity contribution in [3.8, 4) is 6.07 Å². The van der Waals surface area contributed by atoms with Gasteiger partial charge in [0.25, 0.3) is 0 Å². The molecule has 0 amide bonds. The minimum absolute atomic E-state index is 0.0175. The molecule has 1 aliphatic rings. The first-order chi connectivity index (χ1) is 9.44. The average molecular weight is 314 g/mol. The van der Waals surface area contributed by atoms with E-state index >= 15 is 0 Å². The molecule has 20 heavy (non-hydrogen) atoms. The highest BCUT2D eigenvalue weighted by atomic mass is 35.5. The monoisotopic (exact) mass is 313 g/mol. The Kier molecular flexibility index (Phi) is 4.66. The second kappa shape index (κ2) is 6.10. The average Bonchev–Trinajstić information content (AvgIpc) is 2.40. The molecule has 0 saturated carbocycles. The Hall–Kier alpha value is -1.13. The maximum absolute atomic E-state index is 12.4. The summed E-state index contributed by atoms with van der Waals surface area (Å²) in [7, 11) is -3.67. The van der Waals surface area contributed by atoms with Gasteiger partial charge in [0, 0.05) is 6.04 Å². The van der Waals surface area contributed by atoms with Gasteiger partial charge in [-0.1, -0.05) is 18.5 Å². The Morgan fingerprint density at radius 3 is 2.85 bits per heavy atom. The lowest BCUT2D eigenvalue weighted by Crippen LogP contribution is -2.48. The van der Waals surface area contributed by atoms with Crippen molar-refractivity contribution >= 4 is 21.6 Å². The normalized spacial score (nSPS) is 23.2. The number of nitriles is 1. The second-order valence-electron chi connectivity index (χ2n) is 4.95. The Morgan fingerprint density at radius 2 is 2.25 bits per heavy atom. The third-order valence-electron chi connectivity index (χ3n) is 3.44. The van der Waals surface area contributed by atoms with Crippen molar-refractivity contribution in [3.05, 3.63) is 28.8 Å². The van der Waals surface area contributed by atoms with E-state index in [0.29, 0.717) is 5.56 Å². The smallest absolute Gasteiger partial charge is 0.242 e. The minimum Gasteiger partial charge on any atom is -0.316 e. The van der Waals surface area contributed by atoms with E-state index in [-0.39, 0.29) is 21.9 Å². The van der Waals surface area contributed by atoms with Gasteiger partial charge in [0.15, 0.2) is 0 Å². The van der Waals surface area contributed by atoms with Gasteiger partial charge in [0.2, 0.25) is 10.0 Å². The lowest BCUT2D eigenvalue weighted by atomic mass is 9.97. The zero-order valence-corrected chi connectivity index (χ0v) is 12.6. The van der Waals surface area contributed by atoms with Crippen LogP contribution in [0.4, 0.5) is 0 Å². The van der Waals surface area contributed by atoms with Gasteiger partial charge in [-0.05, 0) is 43.6 Å². The van der Waals surface area contributed by atoms with Crippen LogP contribution in [-0.4, -0.2) is 27.5 Å². The summed E-state index contributed by atoms with van der Waals surface area (Å²) < 4.78 is 27.4. The van der Waals surface area contributed by atoms with Crippen LogP contribution in [0.2, 0.25) is 5.02 Å². The van der Waals surface area contributed by atoms with Crippen molar-refractivity contribution in [1.29, 1.82) is 5.26 Å². The van der Waals surface area contributed by atoms with E-state index in [1.807, 2.05) is 13.0 Å². The summed E-state index contributed by atoms with van der Waals surface area (Å²) in [5, 5.41) is 12.1. The summed E-state index contributed by atoms with van der Waals surface area (Å²) in [5.74, 6) is 0.218. The number of sulfonamides is 1. The fraction of sp³-hybridized carbons (Fsp3) is 0.462. The van der Waals surface area contributed by atoms with Gasteiger partial charge in [0.05, 0.1) is 16.7 Å². The molecule has 2 atom stereocenters. The SMILES string of the molecule is CC1CNCCC1NS(=O)(=O)c1ccc(C#N)cc1Cl. The van der Waals surface area contributed by atoms with Crippen LogP contribution in [-0.2, 0) is 10.0 Å². The van der Waals surface area contributed by atoms with Gasteiger partial charge in [-0.25, -0.2) is 13.1 Å². The van der Waals surface area contributed by atoms with Crippen molar-refractivity contribution in [2.24, 2.45) is 5.92 Å². The van der Waals surface area contributed by atoms with Crippen molar-refractivity contribution < 1.29 is 8.42 Å². The molecular weight excluding hydrogens is 298 g/mol. The first-order valence-corrected chi connectivity index (χ1v) is 8.23. The van der Waals surface area contributed by atoms with Crippen LogP contribution in [0.25, 0.3) is 0 Å². The number of benzene rings is 1. The zero-order chi connectivity index (χ0) is 14.8. The quantitative estimate of drug-likeness (QED) is 0.885. The fourth-order valence-corrected chi connectivity index (χ4v) is 4.16. The van der Waals surface area contributed by atoms with Crippen molar-refractivity contribution in [1.82, 2.24) is 10.0 Å². The van der Waals surface area contributed by atoms with Gasteiger partial charge in [-0.2, -0.15) is 5.26 Å². The highest BCUT2D eigenvalue weighted by Crippen LogP contribution is 2.24. The number of nitrogens with one attached hydrogen (secondary N) is 2. The molecular formula is C13H16ClN3O2S. The van der Waals surface area contributed by atoms with E-state index < -0.39 is 10.0 Å². The molecule has 1 heterocycles. The molecule has 2 unspecified atom stereocenters. The van der Waals surface area contributed by atoms with E-state index in [1.165, 1.54) is 18.2 Å². The highest BCUT2D eigenvalue weighted by molar-refractivity contribution is 7.89. The summed E-state index contributed by atoms with van der Waals surface area (Å²) >= 11 is 5.96. The van der Waals surface area contributed by atoms with Gasteiger partial charge in [0.1, 0.15) is 4.90 Å². The fourth-order valence-electron chi connectivity index (χ4n) is 2.24. The standard InChI is InChI=1S/C13H16ClN3O2S/c1-9-8-16-5-4-12(9)17-20(18,19)13-3-2-10(7-15)6-11(13)14/h2-3,6,9,12,16-17H,4-5,8H2,1H3. The Bertz CT molecular complexity index is 640. The number of hydrogen-bond acceptors (Lipinski definition) is 4. The van der Waals surface area contributed by atoms with Crippen LogP contribution >= 0.6 is 11.6 Å². The van der Waals surface area contributed by atoms with Gasteiger partial charge in [-0.3, -0.25) is 0 Å². The molecule has 7 heteroatoms. The van der Waals surface area contributed by atoms with E-state index in [2.05, 4.69) is 10.0 Å². The second-order valence-corrected chi connectivity index (χ2v) is 7.04. The number of halogens is 1. The predicted molar refractivity (Wildman–Crippen MR) is 76.9 cm³/mol. The van der Waals surface area contributed by atoms with Crippen LogP contribution in [0.5, 0.6) is 0 Å². The molecule has 0 aromatic heterocycles. The number of piperidine rings is 1. The van der Waals surface area contributed by atoms with E-state index in [1.54, 1.807) is 0 Å². The Balaban J connectivity index is 2.24. The lowest BCUT2D eigenvalue weighted by Gasteiger charge is -2.30. The molecule has 2 rings (SSSR count). The molecule has 2 N–H and O–H groups in total. The van der Waals surface area contributed by atoms with Crippen molar-refractivity contribution in [2.45, 2.75) is 24.3 Å². The van der Waals surface area contributed by atoms with E-state index in [4.69, 9.17) is 16.9 Å². The van der Waals surface area contributed by atoms with Crippen LogP contribution in [0.15, 0.2) is 23.1 Å². The topological polar surface area (TPSA) is 82.0 Å². The molecule has 0 radical (unpaired) electrons. The van der Waals surface area contributed by atoms with E-state index in [9.17, 15) is 8.42 Å². The van der Waals surface area contributed by atoms with Crippen LogP contribution < -0.4 is 10.0 Å². The molecule has 0 spiro atoms. The van der Waals surface area contributed by atoms with Gasteiger partial charge in [-0.15, -0.1) is 0 Å². The number of nitrogens with zero attached hydrogens (tertiary/aromatic N) is 1. The van der Waals surface area contributed by atoms with Crippen LogP contribution in [0.1, 0.15) is 18.9 Å². The molecule has 1 aliphatic heterocycles. The molecule has 1 saturated heterocycles. The maximum atomic E-state index is 12.4. The zero-order valence-electron chi connectivity index (χ0n) is 11.1. The highest BCUT2D eigenvalue weighted by Gasteiger charge is 2.27. The third-order valence-corrected chi connectivity index (χ3v) is 5.42. The first kappa shape index (κ1) is 15.3. The number of hydrogen-bond donors (Lipinski definition) is 2. The molecule has 0 bridgehead atoms. The van der Waals surface area contributed by atoms with Crippen molar-refractivity contribution in [2.75, 3.05) is 13.1 Å². The van der Waals surface area contributed by atoms with Crippen molar-refractivity contribution in [3.63, 3.8) is 0 Å². The Labute approximate surface area is 124 Å². The number of rotatable bonds is 3.